The molecule has 1 fully saturated rings. The maximum Gasteiger partial charge on any atom is 0.265 e. The molecule has 1 aromatic carbocycles. The third-order valence-electron chi connectivity index (χ3n) is 4.54. The van der Waals surface area contributed by atoms with Gasteiger partial charge in [-0.1, -0.05) is 12.1 Å². The Labute approximate surface area is 144 Å². The van der Waals surface area contributed by atoms with Crippen molar-refractivity contribution < 1.29 is 9.21 Å². The molecule has 0 saturated carbocycles. The van der Waals surface area contributed by atoms with Gasteiger partial charge in [-0.3, -0.25) is 4.79 Å². The molecule has 0 radical (unpaired) electrons. The van der Waals surface area contributed by atoms with E-state index in [9.17, 15) is 4.79 Å². The smallest absolute Gasteiger partial charge is 0.265 e. The first kappa shape index (κ1) is 15.3. The second-order valence-corrected chi connectivity index (χ2v) is 7.44. The number of fused-ring (bicyclic) bond motifs is 1. The number of hydrogen-bond donors (Lipinski definition) is 0. The summed E-state index contributed by atoms with van der Waals surface area (Å²) in [4.78, 5) is 24.3. The van der Waals surface area contributed by atoms with Gasteiger partial charge in [-0.25, -0.2) is 9.97 Å². The van der Waals surface area contributed by atoms with Crippen LogP contribution in [0.4, 0.5) is 0 Å². The average molecular weight is 341 g/mol. The van der Waals surface area contributed by atoms with Gasteiger partial charge in [-0.05, 0) is 38.8 Å². The number of hydrogen-bond acceptors (Lipinski definition) is 5. The average Bonchev–Trinajstić information content (AvgIpc) is 3.17. The fourth-order valence-electron chi connectivity index (χ4n) is 3.27. The van der Waals surface area contributed by atoms with Crippen molar-refractivity contribution in [2.75, 3.05) is 13.1 Å². The number of amides is 1. The highest BCUT2D eigenvalue weighted by atomic mass is 32.1. The second-order valence-electron chi connectivity index (χ2n) is 6.23. The molecular formula is C18H19N3O2S. The minimum Gasteiger partial charge on any atom is -0.440 e. The fourth-order valence-corrected chi connectivity index (χ4v) is 4.16. The number of thiazole rings is 1. The Morgan fingerprint density at radius 1 is 1.21 bits per heavy atom. The van der Waals surface area contributed by atoms with Crippen molar-refractivity contribution in [2.45, 2.75) is 32.6 Å². The molecule has 124 valence electrons. The Balaban J connectivity index is 1.46. The monoisotopic (exact) mass is 341 g/mol. The predicted octanol–water partition coefficient (Wildman–Crippen LogP) is 3.92. The molecular weight excluding hydrogens is 322 g/mol. The third-order valence-corrected chi connectivity index (χ3v) is 5.60. The van der Waals surface area contributed by atoms with Crippen LogP contribution in [0.3, 0.4) is 0 Å². The molecule has 1 saturated heterocycles. The molecule has 6 heteroatoms. The lowest BCUT2D eigenvalue weighted by Gasteiger charge is -2.30. The number of piperidine rings is 1. The molecule has 0 atom stereocenters. The Hall–Kier alpha value is -2.21. The van der Waals surface area contributed by atoms with Gasteiger partial charge in [-0.15, -0.1) is 11.3 Å². The van der Waals surface area contributed by atoms with Gasteiger partial charge < -0.3 is 9.32 Å². The highest BCUT2D eigenvalue weighted by Gasteiger charge is 2.29. The van der Waals surface area contributed by atoms with Gasteiger partial charge in [0, 0.05) is 19.0 Å². The standard InChI is InChI=1S/C18H19N3O2S/c1-11-16(24-12(2)19-11)18(22)21-9-7-13(8-10-21)17-20-14-5-3-4-6-15(14)23-17/h3-6,13H,7-10H2,1-2H3. The highest BCUT2D eigenvalue weighted by molar-refractivity contribution is 7.13. The number of oxazole rings is 1. The van der Waals surface area contributed by atoms with Crippen molar-refractivity contribution in [3.8, 4) is 0 Å². The zero-order valence-corrected chi connectivity index (χ0v) is 14.6. The van der Waals surface area contributed by atoms with Crippen LogP contribution in [0.15, 0.2) is 28.7 Å². The maximum absolute atomic E-state index is 12.7. The SMILES string of the molecule is Cc1nc(C)c(C(=O)N2CCC(c3nc4ccccc4o3)CC2)s1. The maximum atomic E-state index is 12.7. The molecule has 0 spiro atoms. The van der Waals surface area contributed by atoms with Crippen molar-refractivity contribution in [3.05, 3.63) is 45.7 Å². The van der Waals surface area contributed by atoms with Crippen molar-refractivity contribution in [2.24, 2.45) is 0 Å². The number of nitrogens with zero attached hydrogens (tertiary/aromatic N) is 3. The van der Waals surface area contributed by atoms with Crippen molar-refractivity contribution in [1.29, 1.82) is 0 Å². The van der Waals surface area contributed by atoms with Gasteiger partial charge in [-0.2, -0.15) is 0 Å². The minimum atomic E-state index is 0.106. The number of benzene rings is 1. The molecule has 5 nitrogen and oxygen atoms in total. The molecule has 3 aromatic rings. The molecule has 4 rings (SSSR count). The topological polar surface area (TPSA) is 59.2 Å². The van der Waals surface area contributed by atoms with Gasteiger partial charge in [0.1, 0.15) is 10.4 Å². The first-order chi connectivity index (χ1) is 11.6. The molecule has 0 bridgehead atoms. The van der Waals surface area contributed by atoms with E-state index >= 15 is 0 Å². The third kappa shape index (κ3) is 2.71. The van der Waals surface area contributed by atoms with Crippen LogP contribution in [0.5, 0.6) is 0 Å². The summed E-state index contributed by atoms with van der Waals surface area (Å²) in [6, 6.07) is 7.84. The lowest BCUT2D eigenvalue weighted by atomic mass is 9.96. The van der Waals surface area contributed by atoms with Crippen LogP contribution in [0.1, 0.15) is 45.0 Å². The van der Waals surface area contributed by atoms with Crippen LogP contribution in [0, 0.1) is 13.8 Å². The van der Waals surface area contributed by atoms with E-state index in [-0.39, 0.29) is 11.8 Å². The number of carbonyl (C=O) groups is 1. The van der Waals surface area contributed by atoms with Crippen LogP contribution in [0.2, 0.25) is 0 Å². The Morgan fingerprint density at radius 2 is 1.96 bits per heavy atom. The number of para-hydroxylation sites is 2. The van der Waals surface area contributed by atoms with Gasteiger partial charge in [0.2, 0.25) is 0 Å². The van der Waals surface area contributed by atoms with E-state index in [0.717, 1.165) is 58.5 Å². The predicted molar refractivity (Wildman–Crippen MR) is 93.5 cm³/mol. The van der Waals surface area contributed by atoms with E-state index in [0.29, 0.717) is 0 Å². The lowest BCUT2D eigenvalue weighted by Crippen LogP contribution is -2.37. The fraction of sp³-hybridized carbons (Fsp3) is 0.389. The molecule has 1 aliphatic rings. The van der Waals surface area contributed by atoms with Gasteiger partial charge >= 0.3 is 0 Å². The van der Waals surface area contributed by atoms with Gasteiger partial charge in [0.25, 0.3) is 5.91 Å². The van der Waals surface area contributed by atoms with E-state index in [4.69, 9.17) is 4.42 Å². The number of aromatic nitrogens is 2. The van der Waals surface area contributed by atoms with Crippen LogP contribution in [-0.4, -0.2) is 33.9 Å². The zero-order chi connectivity index (χ0) is 16.7. The van der Waals surface area contributed by atoms with E-state index in [2.05, 4.69) is 9.97 Å². The zero-order valence-electron chi connectivity index (χ0n) is 13.8. The molecule has 3 heterocycles. The van der Waals surface area contributed by atoms with E-state index in [1.165, 1.54) is 11.3 Å². The number of likely N-dealkylation sites (tertiary alicyclic amines) is 1. The largest absolute Gasteiger partial charge is 0.440 e. The first-order valence-corrected chi connectivity index (χ1v) is 9.02. The summed E-state index contributed by atoms with van der Waals surface area (Å²) in [6.45, 7) is 5.31. The van der Waals surface area contributed by atoms with Gasteiger partial charge in [0.05, 0.1) is 10.7 Å². The summed E-state index contributed by atoms with van der Waals surface area (Å²) in [5, 5.41) is 0.942. The summed E-state index contributed by atoms with van der Waals surface area (Å²) in [5.41, 5.74) is 2.58. The Bertz CT molecular complexity index is 858. The molecule has 24 heavy (non-hydrogen) atoms. The van der Waals surface area contributed by atoms with Crippen molar-refractivity contribution in [3.63, 3.8) is 0 Å². The van der Waals surface area contributed by atoms with Crippen molar-refractivity contribution >= 4 is 28.3 Å². The van der Waals surface area contributed by atoms with Crippen molar-refractivity contribution in [1.82, 2.24) is 14.9 Å². The molecule has 0 unspecified atom stereocenters. The lowest BCUT2D eigenvalue weighted by molar-refractivity contribution is 0.0710. The quantitative estimate of drug-likeness (QED) is 0.709. The Kier molecular flexibility index (Phi) is 3.84. The summed E-state index contributed by atoms with van der Waals surface area (Å²) in [5.74, 6) is 1.19. The molecule has 0 N–H and O–H groups in total. The van der Waals surface area contributed by atoms with Crippen LogP contribution >= 0.6 is 11.3 Å². The van der Waals surface area contributed by atoms with E-state index in [1.807, 2.05) is 43.0 Å². The molecule has 1 aliphatic heterocycles. The van der Waals surface area contributed by atoms with Crippen LogP contribution in [-0.2, 0) is 0 Å². The van der Waals surface area contributed by atoms with Crippen LogP contribution < -0.4 is 0 Å². The van der Waals surface area contributed by atoms with Crippen LogP contribution in [0.25, 0.3) is 11.1 Å². The molecule has 1 amide bonds. The Morgan fingerprint density at radius 3 is 2.62 bits per heavy atom. The summed E-state index contributed by atoms with van der Waals surface area (Å²) in [7, 11) is 0. The molecule has 2 aromatic heterocycles. The molecule has 0 aliphatic carbocycles. The minimum absolute atomic E-state index is 0.106. The summed E-state index contributed by atoms with van der Waals surface area (Å²) in [6.07, 6.45) is 1.77. The normalized spacial score (nSPS) is 16.0. The summed E-state index contributed by atoms with van der Waals surface area (Å²) < 4.78 is 5.89. The number of rotatable bonds is 2. The number of carbonyl (C=O) groups excluding carboxylic acids is 1. The number of aryl methyl sites for hydroxylation is 2. The van der Waals surface area contributed by atoms with Gasteiger partial charge in [0.15, 0.2) is 11.5 Å². The second kappa shape index (κ2) is 6.02. The summed E-state index contributed by atoms with van der Waals surface area (Å²) >= 11 is 1.48. The first-order valence-electron chi connectivity index (χ1n) is 8.20. The van der Waals surface area contributed by atoms with E-state index < -0.39 is 0 Å². The highest BCUT2D eigenvalue weighted by Crippen LogP contribution is 2.31. The van der Waals surface area contributed by atoms with E-state index in [1.54, 1.807) is 0 Å².